The van der Waals surface area contributed by atoms with E-state index in [2.05, 4.69) is 26.2 Å². The molecular formula is C10H11BrN2O2. The van der Waals surface area contributed by atoms with Gasteiger partial charge in [-0.3, -0.25) is 4.79 Å². The van der Waals surface area contributed by atoms with Gasteiger partial charge in [0, 0.05) is 6.61 Å². The number of ether oxygens (including phenoxy) is 1. The molecule has 1 fully saturated rings. The van der Waals surface area contributed by atoms with E-state index in [-0.39, 0.29) is 11.8 Å². The summed E-state index contributed by atoms with van der Waals surface area (Å²) >= 11 is 3.23. The molecule has 2 heterocycles. The molecule has 15 heavy (non-hydrogen) atoms. The summed E-state index contributed by atoms with van der Waals surface area (Å²) in [6, 6.07) is 3.60. The van der Waals surface area contributed by atoms with Gasteiger partial charge in [-0.2, -0.15) is 0 Å². The summed E-state index contributed by atoms with van der Waals surface area (Å²) in [6.07, 6.45) is 2.42. The van der Waals surface area contributed by atoms with E-state index in [4.69, 9.17) is 4.74 Å². The van der Waals surface area contributed by atoms with Gasteiger partial charge in [0.25, 0.3) is 0 Å². The third-order valence-electron chi connectivity index (χ3n) is 2.30. The van der Waals surface area contributed by atoms with Crippen LogP contribution in [-0.4, -0.2) is 24.1 Å². The van der Waals surface area contributed by atoms with E-state index in [1.165, 1.54) is 0 Å². The smallest absolute Gasteiger partial charge is 0.229 e. The zero-order valence-electron chi connectivity index (χ0n) is 8.07. The fourth-order valence-corrected chi connectivity index (χ4v) is 1.67. The third-order valence-corrected chi connectivity index (χ3v) is 2.76. The van der Waals surface area contributed by atoms with E-state index in [9.17, 15) is 4.79 Å². The summed E-state index contributed by atoms with van der Waals surface area (Å²) in [5.41, 5.74) is 0.718. The van der Waals surface area contributed by atoms with Gasteiger partial charge < -0.3 is 10.1 Å². The van der Waals surface area contributed by atoms with Crippen LogP contribution < -0.4 is 5.32 Å². The second-order valence-electron chi connectivity index (χ2n) is 3.42. The molecule has 1 aliphatic rings. The van der Waals surface area contributed by atoms with Crippen molar-refractivity contribution in [2.24, 2.45) is 5.92 Å². The maximum absolute atomic E-state index is 11.7. The second-order valence-corrected chi connectivity index (χ2v) is 4.23. The molecule has 1 saturated heterocycles. The van der Waals surface area contributed by atoms with Gasteiger partial charge >= 0.3 is 0 Å². The molecule has 4 nitrogen and oxygen atoms in total. The fraction of sp³-hybridized carbons (Fsp3) is 0.400. The average molecular weight is 271 g/mol. The molecule has 0 radical (unpaired) electrons. The van der Waals surface area contributed by atoms with Crippen LogP contribution in [-0.2, 0) is 9.53 Å². The van der Waals surface area contributed by atoms with E-state index in [1.54, 1.807) is 12.3 Å². The number of hydrogen-bond acceptors (Lipinski definition) is 3. The maximum atomic E-state index is 11.7. The average Bonchev–Trinajstić information content (AvgIpc) is 2.74. The number of carbonyl (C=O) groups excluding carboxylic acids is 1. The van der Waals surface area contributed by atoms with E-state index < -0.39 is 0 Å². The first-order valence-electron chi connectivity index (χ1n) is 4.76. The predicted octanol–water partition coefficient (Wildman–Crippen LogP) is 1.82. The van der Waals surface area contributed by atoms with Crippen LogP contribution in [0.1, 0.15) is 6.42 Å². The standard InChI is InChI=1S/C10H11BrN2O2/c11-9-2-1-8(5-12-9)13-10(14)7-3-4-15-6-7/h1-2,5,7H,3-4,6H2,(H,13,14). The number of pyridine rings is 1. The van der Waals surface area contributed by atoms with Crippen molar-refractivity contribution in [1.29, 1.82) is 0 Å². The molecule has 5 heteroatoms. The van der Waals surface area contributed by atoms with E-state index in [1.807, 2.05) is 6.07 Å². The molecule has 2 rings (SSSR count). The molecule has 1 amide bonds. The minimum absolute atomic E-state index is 0.0108. The molecule has 1 aromatic heterocycles. The summed E-state index contributed by atoms with van der Waals surface area (Å²) in [6.45, 7) is 1.20. The lowest BCUT2D eigenvalue weighted by Gasteiger charge is -2.08. The van der Waals surface area contributed by atoms with Crippen molar-refractivity contribution < 1.29 is 9.53 Å². The van der Waals surface area contributed by atoms with Crippen LogP contribution in [0.4, 0.5) is 5.69 Å². The van der Waals surface area contributed by atoms with Crippen LogP contribution in [0.2, 0.25) is 0 Å². The van der Waals surface area contributed by atoms with Crippen molar-refractivity contribution in [1.82, 2.24) is 4.98 Å². The minimum Gasteiger partial charge on any atom is -0.381 e. The monoisotopic (exact) mass is 270 g/mol. The van der Waals surface area contributed by atoms with Crippen LogP contribution >= 0.6 is 15.9 Å². The van der Waals surface area contributed by atoms with Crippen molar-refractivity contribution in [3.8, 4) is 0 Å². The highest BCUT2D eigenvalue weighted by Gasteiger charge is 2.23. The molecule has 0 bridgehead atoms. The Morgan fingerprint density at radius 1 is 1.60 bits per heavy atom. The molecule has 1 unspecified atom stereocenters. The SMILES string of the molecule is O=C(Nc1ccc(Br)nc1)C1CCOC1. The lowest BCUT2D eigenvalue weighted by atomic mass is 10.1. The lowest BCUT2D eigenvalue weighted by molar-refractivity contribution is -0.119. The first-order chi connectivity index (χ1) is 7.25. The Morgan fingerprint density at radius 3 is 3.07 bits per heavy atom. The first-order valence-corrected chi connectivity index (χ1v) is 5.55. The van der Waals surface area contributed by atoms with E-state index >= 15 is 0 Å². The molecule has 0 aliphatic carbocycles. The van der Waals surface area contributed by atoms with Gasteiger partial charge in [0.05, 0.1) is 24.4 Å². The van der Waals surface area contributed by atoms with Gasteiger partial charge in [-0.25, -0.2) is 4.98 Å². The molecule has 1 atom stereocenters. The quantitative estimate of drug-likeness (QED) is 0.835. The third kappa shape index (κ3) is 2.76. The number of amides is 1. The van der Waals surface area contributed by atoms with Gasteiger partial charge in [0.2, 0.25) is 5.91 Å². The number of anilines is 1. The zero-order valence-corrected chi connectivity index (χ0v) is 9.66. The van der Waals surface area contributed by atoms with Gasteiger partial charge in [-0.1, -0.05) is 0 Å². The Balaban J connectivity index is 1.96. The minimum atomic E-state index is -0.0198. The van der Waals surface area contributed by atoms with Gasteiger partial charge in [-0.15, -0.1) is 0 Å². The van der Waals surface area contributed by atoms with E-state index in [0.717, 1.165) is 16.7 Å². The number of aromatic nitrogens is 1. The molecule has 0 aromatic carbocycles. The van der Waals surface area contributed by atoms with Crippen molar-refractivity contribution in [2.75, 3.05) is 18.5 Å². The van der Waals surface area contributed by atoms with Crippen molar-refractivity contribution in [3.05, 3.63) is 22.9 Å². The van der Waals surface area contributed by atoms with E-state index in [0.29, 0.717) is 13.2 Å². The highest BCUT2D eigenvalue weighted by Crippen LogP contribution is 2.16. The first kappa shape index (κ1) is 10.6. The van der Waals surface area contributed by atoms with Crippen LogP contribution in [0.5, 0.6) is 0 Å². The molecule has 0 saturated carbocycles. The van der Waals surface area contributed by atoms with Crippen LogP contribution in [0.25, 0.3) is 0 Å². The number of hydrogen-bond donors (Lipinski definition) is 1. The van der Waals surface area contributed by atoms with Crippen LogP contribution in [0, 0.1) is 5.92 Å². The molecule has 0 spiro atoms. The van der Waals surface area contributed by atoms with Gasteiger partial charge in [-0.05, 0) is 34.5 Å². The molecule has 1 aliphatic heterocycles. The Labute approximate surface area is 96.2 Å². The summed E-state index contributed by atoms with van der Waals surface area (Å²) < 4.78 is 5.91. The molecule has 1 aromatic rings. The fourth-order valence-electron chi connectivity index (χ4n) is 1.44. The summed E-state index contributed by atoms with van der Waals surface area (Å²) in [7, 11) is 0. The zero-order chi connectivity index (χ0) is 10.7. The lowest BCUT2D eigenvalue weighted by Crippen LogP contribution is -2.22. The summed E-state index contributed by atoms with van der Waals surface area (Å²) in [4.78, 5) is 15.7. The normalized spacial score (nSPS) is 20.2. The Bertz CT molecular complexity index is 347. The number of nitrogens with zero attached hydrogens (tertiary/aromatic N) is 1. The largest absolute Gasteiger partial charge is 0.381 e. The highest BCUT2D eigenvalue weighted by molar-refractivity contribution is 9.10. The number of nitrogens with one attached hydrogen (secondary N) is 1. The number of rotatable bonds is 2. The summed E-state index contributed by atoms with van der Waals surface area (Å²) in [5, 5.41) is 2.81. The second kappa shape index (κ2) is 4.72. The van der Waals surface area contributed by atoms with Crippen molar-refractivity contribution >= 4 is 27.5 Å². The summed E-state index contributed by atoms with van der Waals surface area (Å²) in [5.74, 6) is -0.00901. The molecule has 80 valence electrons. The van der Waals surface area contributed by atoms with Gasteiger partial charge in [0.1, 0.15) is 4.60 Å². The van der Waals surface area contributed by atoms with Crippen molar-refractivity contribution in [3.63, 3.8) is 0 Å². The Hall–Kier alpha value is -0.940. The molecular weight excluding hydrogens is 260 g/mol. The molecule has 1 N–H and O–H groups in total. The van der Waals surface area contributed by atoms with Gasteiger partial charge in [0.15, 0.2) is 0 Å². The Morgan fingerprint density at radius 2 is 2.47 bits per heavy atom. The van der Waals surface area contributed by atoms with Crippen LogP contribution in [0.15, 0.2) is 22.9 Å². The Kier molecular flexibility index (Phi) is 3.33. The predicted molar refractivity (Wildman–Crippen MR) is 59.5 cm³/mol. The topological polar surface area (TPSA) is 51.2 Å². The maximum Gasteiger partial charge on any atom is 0.229 e. The highest BCUT2D eigenvalue weighted by atomic mass is 79.9. The van der Waals surface area contributed by atoms with Crippen molar-refractivity contribution in [2.45, 2.75) is 6.42 Å². The van der Waals surface area contributed by atoms with Crippen LogP contribution in [0.3, 0.4) is 0 Å². The number of carbonyl (C=O) groups is 1. The number of halogens is 1.